The number of carbonyl (C=O) groups excluding carboxylic acids is 1. The number of ether oxygens (including phenoxy) is 1. The SMILES string of the molecule is C[C@@H]1CN(c2ccc(NC(=O)CC(C)(C)C(=O)O)cc2F)C[C@H](C)O1. The maximum absolute atomic E-state index is 14.5. The van der Waals surface area contributed by atoms with Crippen molar-refractivity contribution < 1.29 is 23.8 Å². The van der Waals surface area contributed by atoms with Gasteiger partial charge in [0.2, 0.25) is 5.91 Å². The molecule has 1 amide bonds. The maximum Gasteiger partial charge on any atom is 0.309 e. The molecule has 1 aliphatic rings. The van der Waals surface area contributed by atoms with E-state index in [0.29, 0.717) is 24.5 Å². The molecule has 25 heavy (non-hydrogen) atoms. The summed E-state index contributed by atoms with van der Waals surface area (Å²) in [6, 6.07) is 4.50. The summed E-state index contributed by atoms with van der Waals surface area (Å²) in [7, 11) is 0. The highest BCUT2D eigenvalue weighted by Gasteiger charge is 2.30. The van der Waals surface area contributed by atoms with Crippen molar-refractivity contribution in [2.75, 3.05) is 23.3 Å². The first-order chi connectivity index (χ1) is 11.6. The van der Waals surface area contributed by atoms with E-state index in [-0.39, 0.29) is 18.6 Å². The molecule has 0 aliphatic carbocycles. The van der Waals surface area contributed by atoms with Crippen molar-refractivity contribution in [1.82, 2.24) is 0 Å². The zero-order chi connectivity index (χ0) is 18.8. The van der Waals surface area contributed by atoms with Crippen molar-refractivity contribution in [2.45, 2.75) is 46.3 Å². The van der Waals surface area contributed by atoms with Crippen LogP contribution in [0.5, 0.6) is 0 Å². The molecule has 2 N–H and O–H groups in total. The standard InChI is InChI=1S/C18H25FN2O4/c1-11-9-21(10-12(2)25-11)15-6-5-13(7-14(15)19)20-16(22)8-18(3,4)17(23)24/h5-7,11-12H,8-10H2,1-4H3,(H,20,22)(H,23,24)/t11-,12+. The Bertz CT molecular complexity index is 652. The molecule has 2 rings (SSSR count). The number of morpholine rings is 1. The van der Waals surface area contributed by atoms with Gasteiger partial charge in [0.1, 0.15) is 5.82 Å². The summed E-state index contributed by atoms with van der Waals surface area (Å²) in [5, 5.41) is 11.6. The van der Waals surface area contributed by atoms with Crippen LogP contribution in [0.3, 0.4) is 0 Å². The lowest BCUT2D eigenvalue weighted by molar-refractivity contribution is -0.148. The van der Waals surface area contributed by atoms with Gasteiger partial charge in [0.25, 0.3) is 0 Å². The Labute approximate surface area is 147 Å². The van der Waals surface area contributed by atoms with Gasteiger partial charge in [-0.15, -0.1) is 0 Å². The van der Waals surface area contributed by atoms with Crippen molar-refractivity contribution in [1.29, 1.82) is 0 Å². The van der Waals surface area contributed by atoms with E-state index in [1.54, 1.807) is 12.1 Å². The van der Waals surface area contributed by atoms with Crippen molar-refractivity contribution in [3.05, 3.63) is 24.0 Å². The van der Waals surface area contributed by atoms with Crippen LogP contribution in [-0.2, 0) is 14.3 Å². The summed E-state index contributed by atoms with van der Waals surface area (Å²) in [6.07, 6.45) is -0.161. The summed E-state index contributed by atoms with van der Waals surface area (Å²) in [5.74, 6) is -1.95. The van der Waals surface area contributed by atoms with Gasteiger partial charge in [-0.05, 0) is 45.9 Å². The Morgan fingerprint density at radius 1 is 1.32 bits per heavy atom. The van der Waals surface area contributed by atoms with Gasteiger partial charge in [-0.3, -0.25) is 9.59 Å². The van der Waals surface area contributed by atoms with Crippen LogP contribution in [0.2, 0.25) is 0 Å². The number of halogens is 1. The lowest BCUT2D eigenvalue weighted by Crippen LogP contribution is -2.45. The van der Waals surface area contributed by atoms with Gasteiger partial charge in [0.15, 0.2) is 0 Å². The van der Waals surface area contributed by atoms with Crippen molar-refractivity contribution >= 4 is 23.3 Å². The van der Waals surface area contributed by atoms with E-state index in [2.05, 4.69) is 5.32 Å². The zero-order valence-corrected chi connectivity index (χ0v) is 15.0. The van der Waals surface area contributed by atoms with Gasteiger partial charge in [-0.25, -0.2) is 4.39 Å². The normalized spacial score (nSPS) is 21.1. The van der Waals surface area contributed by atoms with Crippen LogP contribution >= 0.6 is 0 Å². The summed E-state index contributed by atoms with van der Waals surface area (Å²) >= 11 is 0. The third-order valence-corrected chi connectivity index (χ3v) is 4.17. The molecule has 1 heterocycles. The molecule has 1 aromatic carbocycles. The van der Waals surface area contributed by atoms with Gasteiger partial charge in [0, 0.05) is 25.2 Å². The number of nitrogens with zero attached hydrogens (tertiary/aromatic N) is 1. The van der Waals surface area contributed by atoms with Crippen LogP contribution < -0.4 is 10.2 Å². The van der Waals surface area contributed by atoms with Gasteiger partial charge in [-0.2, -0.15) is 0 Å². The van der Waals surface area contributed by atoms with Gasteiger partial charge in [-0.1, -0.05) is 0 Å². The Morgan fingerprint density at radius 3 is 2.44 bits per heavy atom. The second kappa shape index (κ2) is 7.39. The molecular formula is C18H25FN2O4. The third kappa shape index (κ3) is 4.92. The van der Waals surface area contributed by atoms with Crippen molar-refractivity contribution in [3.63, 3.8) is 0 Å². The smallest absolute Gasteiger partial charge is 0.309 e. The first-order valence-corrected chi connectivity index (χ1v) is 8.31. The van der Waals surface area contributed by atoms with Gasteiger partial charge < -0.3 is 20.1 Å². The number of aliphatic carboxylic acids is 1. The fourth-order valence-corrected chi connectivity index (χ4v) is 2.90. The molecule has 0 spiro atoms. The Hall–Kier alpha value is -2.15. The number of carbonyl (C=O) groups is 2. The van der Waals surface area contributed by atoms with Crippen LogP contribution in [0.25, 0.3) is 0 Å². The Kier molecular flexibility index (Phi) is 5.67. The lowest BCUT2D eigenvalue weighted by atomic mass is 9.89. The van der Waals surface area contributed by atoms with E-state index in [0.717, 1.165) is 0 Å². The molecule has 0 radical (unpaired) electrons. The average molecular weight is 352 g/mol. The van der Waals surface area contributed by atoms with E-state index >= 15 is 0 Å². The molecule has 0 bridgehead atoms. The topological polar surface area (TPSA) is 78.9 Å². The van der Waals surface area contributed by atoms with Crippen LogP contribution in [0.15, 0.2) is 18.2 Å². The number of hydrogen-bond donors (Lipinski definition) is 2. The fraction of sp³-hybridized carbons (Fsp3) is 0.556. The number of anilines is 2. The first kappa shape index (κ1) is 19.2. The minimum atomic E-state index is -1.18. The summed E-state index contributed by atoms with van der Waals surface area (Å²) in [4.78, 5) is 25.0. The van der Waals surface area contributed by atoms with Gasteiger partial charge in [0.05, 0.1) is 23.3 Å². The monoisotopic (exact) mass is 352 g/mol. The van der Waals surface area contributed by atoms with Crippen LogP contribution in [0.4, 0.5) is 15.8 Å². The maximum atomic E-state index is 14.5. The number of nitrogens with one attached hydrogen (secondary N) is 1. The highest BCUT2D eigenvalue weighted by atomic mass is 19.1. The summed E-state index contributed by atoms with van der Waals surface area (Å²) in [6.45, 7) is 8.02. The Morgan fingerprint density at radius 2 is 1.92 bits per heavy atom. The molecular weight excluding hydrogens is 327 g/mol. The predicted octanol–water partition coefficient (Wildman–Crippen LogP) is 2.88. The molecule has 0 saturated carbocycles. The molecule has 0 unspecified atom stereocenters. The number of carboxylic acid groups (broad SMARTS) is 1. The number of benzene rings is 1. The van der Waals surface area contributed by atoms with Crippen molar-refractivity contribution in [2.24, 2.45) is 5.41 Å². The average Bonchev–Trinajstić information content (AvgIpc) is 2.45. The van der Waals surface area contributed by atoms with E-state index in [1.165, 1.54) is 19.9 Å². The number of rotatable bonds is 5. The number of hydrogen-bond acceptors (Lipinski definition) is 4. The number of carboxylic acids is 1. The molecule has 0 aromatic heterocycles. The minimum absolute atomic E-state index is 0.0146. The second-order valence-electron chi connectivity index (χ2n) is 7.24. The quantitative estimate of drug-likeness (QED) is 0.852. The van der Waals surface area contributed by atoms with Crippen LogP contribution in [0, 0.1) is 11.2 Å². The molecule has 1 saturated heterocycles. The molecule has 2 atom stereocenters. The highest BCUT2D eigenvalue weighted by molar-refractivity contribution is 5.94. The first-order valence-electron chi connectivity index (χ1n) is 8.31. The fourth-order valence-electron chi connectivity index (χ4n) is 2.90. The van der Waals surface area contributed by atoms with E-state index in [9.17, 15) is 14.0 Å². The van der Waals surface area contributed by atoms with Crippen LogP contribution in [-0.4, -0.2) is 42.3 Å². The van der Waals surface area contributed by atoms with Crippen molar-refractivity contribution in [3.8, 4) is 0 Å². The zero-order valence-electron chi connectivity index (χ0n) is 15.0. The second-order valence-corrected chi connectivity index (χ2v) is 7.24. The molecule has 138 valence electrons. The van der Waals surface area contributed by atoms with E-state index in [1.807, 2.05) is 18.7 Å². The lowest BCUT2D eigenvalue weighted by Gasteiger charge is -2.37. The predicted molar refractivity (Wildman–Crippen MR) is 93.3 cm³/mol. The van der Waals surface area contributed by atoms with E-state index in [4.69, 9.17) is 9.84 Å². The molecule has 1 fully saturated rings. The summed E-state index contributed by atoms with van der Waals surface area (Å²) in [5.41, 5.74) is -0.407. The molecule has 1 aromatic rings. The molecule has 6 nitrogen and oxygen atoms in total. The highest BCUT2D eigenvalue weighted by Crippen LogP contribution is 2.27. The van der Waals surface area contributed by atoms with Crippen LogP contribution in [0.1, 0.15) is 34.1 Å². The van der Waals surface area contributed by atoms with E-state index < -0.39 is 23.1 Å². The minimum Gasteiger partial charge on any atom is -0.481 e. The Balaban J connectivity index is 2.06. The summed E-state index contributed by atoms with van der Waals surface area (Å²) < 4.78 is 20.1. The molecule has 7 heteroatoms. The largest absolute Gasteiger partial charge is 0.481 e. The third-order valence-electron chi connectivity index (χ3n) is 4.17. The molecule has 1 aliphatic heterocycles. The number of amides is 1. The van der Waals surface area contributed by atoms with Gasteiger partial charge >= 0.3 is 5.97 Å².